The van der Waals surface area contributed by atoms with Gasteiger partial charge in [0.2, 0.25) is 0 Å². The molecule has 0 saturated carbocycles. The van der Waals surface area contributed by atoms with Gasteiger partial charge < -0.3 is 19.2 Å². The highest BCUT2D eigenvalue weighted by Gasteiger charge is 2.30. The lowest BCUT2D eigenvalue weighted by Crippen LogP contribution is -2.07. The summed E-state index contributed by atoms with van der Waals surface area (Å²) in [5.74, 6) is 1.19. The van der Waals surface area contributed by atoms with Gasteiger partial charge in [-0.25, -0.2) is 4.39 Å². The number of benzene rings is 1. The van der Waals surface area contributed by atoms with E-state index in [1.165, 1.54) is 0 Å². The molecule has 0 radical (unpaired) electrons. The van der Waals surface area contributed by atoms with Gasteiger partial charge in [0.1, 0.15) is 13.3 Å². The van der Waals surface area contributed by atoms with Gasteiger partial charge in [-0.05, 0) is 35.6 Å². The Morgan fingerprint density at radius 2 is 2.17 bits per heavy atom. The van der Waals surface area contributed by atoms with E-state index in [2.05, 4.69) is 4.98 Å². The van der Waals surface area contributed by atoms with Crippen molar-refractivity contribution in [1.29, 1.82) is 0 Å². The summed E-state index contributed by atoms with van der Waals surface area (Å²) in [5.41, 5.74) is 2.84. The lowest BCUT2D eigenvalue weighted by atomic mass is 9.80. The second-order valence-corrected chi connectivity index (χ2v) is 5.63. The van der Waals surface area contributed by atoms with Crippen LogP contribution in [0.3, 0.4) is 0 Å². The third kappa shape index (κ3) is 3.68. The number of nitrogens with zero attached hydrogens (tertiary/aromatic N) is 1. The predicted molar refractivity (Wildman–Crippen MR) is 89.2 cm³/mol. The zero-order valence-corrected chi connectivity index (χ0v) is 13.4. The summed E-state index contributed by atoms with van der Waals surface area (Å²) in [6.45, 7) is -0.0936. The van der Waals surface area contributed by atoms with E-state index in [-0.39, 0.29) is 12.5 Å². The number of pyridine rings is 1. The quantitative estimate of drug-likeness (QED) is 0.825. The third-order valence-corrected chi connectivity index (χ3v) is 4.04. The van der Waals surface area contributed by atoms with E-state index in [4.69, 9.17) is 14.1 Å². The molecule has 0 aliphatic carbocycles. The van der Waals surface area contributed by atoms with Crippen LogP contribution in [0.2, 0.25) is 6.32 Å². The molecule has 1 aliphatic heterocycles. The fourth-order valence-corrected chi connectivity index (χ4v) is 2.80. The molecular weight excluding hydrogens is 312 g/mol. The molecule has 1 atom stereocenters. The van der Waals surface area contributed by atoms with Crippen molar-refractivity contribution in [3.05, 3.63) is 42.2 Å². The molecule has 2 heterocycles. The minimum atomic E-state index is -0.708. The van der Waals surface area contributed by atoms with Gasteiger partial charge in [-0.2, -0.15) is 0 Å². The highest BCUT2D eigenvalue weighted by molar-refractivity contribution is 6.43. The average molecular weight is 331 g/mol. The Morgan fingerprint density at radius 1 is 1.29 bits per heavy atom. The van der Waals surface area contributed by atoms with Gasteiger partial charge in [-0.1, -0.05) is 6.07 Å². The Morgan fingerprint density at radius 3 is 2.88 bits per heavy atom. The number of aromatic nitrogens is 1. The molecule has 126 valence electrons. The lowest BCUT2D eigenvalue weighted by Gasteiger charge is -2.13. The van der Waals surface area contributed by atoms with Crippen molar-refractivity contribution in [2.24, 2.45) is 0 Å². The molecule has 5 nitrogen and oxygen atoms in total. The van der Waals surface area contributed by atoms with Crippen molar-refractivity contribution in [1.82, 2.24) is 4.98 Å². The number of methoxy groups -OCH3 is 1. The van der Waals surface area contributed by atoms with Crippen molar-refractivity contribution < 1.29 is 23.5 Å². The Balaban J connectivity index is 1.88. The van der Waals surface area contributed by atoms with Crippen LogP contribution in [0.15, 0.2) is 36.7 Å². The normalized spacial score (nSPS) is 17.1. The van der Waals surface area contributed by atoms with E-state index >= 15 is 0 Å². The van der Waals surface area contributed by atoms with Crippen LogP contribution in [0.1, 0.15) is 11.5 Å². The number of halogens is 1. The molecule has 7 heteroatoms. The summed E-state index contributed by atoms with van der Waals surface area (Å²) in [6, 6.07) is 7.54. The van der Waals surface area contributed by atoms with Gasteiger partial charge in [0.05, 0.1) is 7.11 Å². The number of hydrogen-bond donors (Lipinski definition) is 1. The van der Waals surface area contributed by atoms with E-state index in [0.29, 0.717) is 24.4 Å². The van der Waals surface area contributed by atoms with E-state index < -0.39 is 13.8 Å². The third-order valence-electron chi connectivity index (χ3n) is 4.04. The molecular formula is C17H19BFNO4. The van der Waals surface area contributed by atoms with Gasteiger partial charge in [0, 0.05) is 30.5 Å². The molecule has 1 fully saturated rings. The maximum absolute atomic E-state index is 12.4. The van der Waals surface area contributed by atoms with Crippen LogP contribution in [0, 0.1) is 0 Å². The van der Waals surface area contributed by atoms with Crippen LogP contribution >= 0.6 is 0 Å². The Bertz CT molecular complexity index is 700. The number of alkyl halides is 1. The SMILES string of the molecule is COc1ccc(-c2cncc([C@H]3COB(O)C3)c2)cc1OCCF. The number of hydrogen-bond acceptors (Lipinski definition) is 5. The number of ether oxygens (including phenoxy) is 2. The Hall–Kier alpha value is -2.12. The summed E-state index contributed by atoms with van der Waals surface area (Å²) in [7, 11) is 0.839. The van der Waals surface area contributed by atoms with Crippen LogP contribution < -0.4 is 9.47 Å². The smallest absolute Gasteiger partial charge is 0.454 e. The van der Waals surface area contributed by atoms with Crippen LogP contribution in [0.4, 0.5) is 4.39 Å². The average Bonchev–Trinajstić information content (AvgIpc) is 3.06. The Kier molecular flexibility index (Phi) is 5.32. The maximum Gasteiger partial charge on any atom is 0.454 e. The van der Waals surface area contributed by atoms with Gasteiger partial charge in [0.25, 0.3) is 0 Å². The first-order chi connectivity index (χ1) is 11.7. The lowest BCUT2D eigenvalue weighted by molar-refractivity contribution is 0.260. The molecule has 1 N–H and O–H groups in total. The standard InChI is InChI=1S/C17H19BFNO4/c1-22-16-3-2-12(7-17(16)23-5-4-19)13-6-14(10-20-9-13)15-8-18(21)24-11-15/h2-3,6-7,9-10,15,21H,4-5,8,11H2,1H3/t15-/m1/s1. The highest BCUT2D eigenvalue weighted by atomic mass is 19.1. The monoisotopic (exact) mass is 331 g/mol. The largest absolute Gasteiger partial charge is 0.493 e. The van der Waals surface area contributed by atoms with Gasteiger partial charge in [-0.3, -0.25) is 4.98 Å². The first-order valence-corrected chi connectivity index (χ1v) is 7.83. The topological polar surface area (TPSA) is 60.8 Å². The van der Waals surface area contributed by atoms with Crippen LogP contribution in [0.5, 0.6) is 11.5 Å². The van der Waals surface area contributed by atoms with E-state index in [0.717, 1.165) is 16.7 Å². The first kappa shape index (κ1) is 16.7. The second kappa shape index (κ2) is 7.64. The summed E-state index contributed by atoms with van der Waals surface area (Å²) >= 11 is 0. The van der Waals surface area contributed by atoms with Crippen LogP contribution in [-0.4, -0.2) is 44.1 Å². The zero-order chi connectivity index (χ0) is 16.9. The highest BCUT2D eigenvalue weighted by Crippen LogP contribution is 2.34. The summed E-state index contributed by atoms with van der Waals surface area (Å²) in [6.07, 6.45) is 4.12. The molecule has 24 heavy (non-hydrogen) atoms. The molecule has 1 aliphatic rings. The first-order valence-electron chi connectivity index (χ1n) is 7.83. The summed E-state index contributed by atoms with van der Waals surface area (Å²) in [5, 5.41) is 9.52. The molecule has 1 aromatic heterocycles. The van der Waals surface area contributed by atoms with Crippen molar-refractivity contribution in [3.63, 3.8) is 0 Å². The molecule has 1 aromatic carbocycles. The predicted octanol–water partition coefficient (Wildman–Crippen LogP) is 2.70. The summed E-state index contributed by atoms with van der Waals surface area (Å²) in [4.78, 5) is 4.30. The molecule has 0 bridgehead atoms. The molecule has 0 unspecified atom stereocenters. The van der Waals surface area contributed by atoms with Crippen molar-refractivity contribution in [2.45, 2.75) is 12.2 Å². The van der Waals surface area contributed by atoms with Gasteiger partial charge in [0.15, 0.2) is 11.5 Å². The van der Waals surface area contributed by atoms with Gasteiger partial charge in [-0.15, -0.1) is 0 Å². The van der Waals surface area contributed by atoms with Crippen LogP contribution in [0.25, 0.3) is 11.1 Å². The Labute approximate surface area is 140 Å². The maximum atomic E-state index is 12.4. The van der Waals surface area contributed by atoms with E-state index in [1.807, 2.05) is 18.2 Å². The molecule has 2 aromatic rings. The van der Waals surface area contributed by atoms with Crippen molar-refractivity contribution in [2.75, 3.05) is 27.0 Å². The molecule has 1 saturated heterocycles. The fraction of sp³-hybridized carbons (Fsp3) is 0.353. The molecule has 0 amide bonds. The molecule has 0 spiro atoms. The summed E-state index contributed by atoms with van der Waals surface area (Å²) < 4.78 is 28.3. The van der Waals surface area contributed by atoms with Crippen molar-refractivity contribution >= 4 is 7.12 Å². The van der Waals surface area contributed by atoms with E-state index in [1.54, 1.807) is 25.6 Å². The van der Waals surface area contributed by atoms with E-state index in [9.17, 15) is 9.41 Å². The molecule has 3 rings (SSSR count). The minimum absolute atomic E-state index is 0.0184. The fourth-order valence-electron chi connectivity index (χ4n) is 2.80. The second-order valence-electron chi connectivity index (χ2n) is 5.63. The minimum Gasteiger partial charge on any atom is -0.493 e. The number of rotatable bonds is 6. The van der Waals surface area contributed by atoms with Crippen molar-refractivity contribution in [3.8, 4) is 22.6 Å². The zero-order valence-electron chi connectivity index (χ0n) is 13.4. The van der Waals surface area contributed by atoms with Gasteiger partial charge >= 0.3 is 7.12 Å². The van der Waals surface area contributed by atoms with Crippen LogP contribution in [-0.2, 0) is 4.65 Å².